The second-order valence-corrected chi connectivity index (χ2v) is 5.18. The lowest BCUT2D eigenvalue weighted by atomic mass is 10.1. The van der Waals surface area contributed by atoms with Crippen LogP contribution in [0.4, 0.5) is 5.69 Å². The van der Waals surface area contributed by atoms with E-state index >= 15 is 0 Å². The molecule has 1 heterocycles. The minimum Gasteiger partial charge on any atom is -0.507 e. The molecule has 3 aromatic rings. The number of carbonyl (C=O) groups excluding carboxylic acids is 1. The van der Waals surface area contributed by atoms with Gasteiger partial charge in [-0.05, 0) is 48.0 Å². The van der Waals surface area contributed by atoms with Gasteiger partial charge in [0.05, 0.1) is 11.3 Å². The van der Waals surface area contributed by atoms with Crippen LogP contribution in [0.3, 0.4) is 0 Å². The Morgan fingerprint density at radius 1 is 0.958 bits per heavy atom. The minimum absolute atomic E-state index is 0.0406. The first-order valence-corrected chi connectivity index (χ1v) is 7.51. The number of amides is 1. The van der Waals surface area contributed by atoms with Gasteiger partial charge in [-0.2, -0.15) is 0 Å². The Hall–Kier alpha value is -3.40. The van der Waals surface area contributed by atoms with Gasteiger partial charge in [-0.15, -0.1) is 0 Å². The van der Waals surface area contributed by atoms with Crippen molar-refractivity contribution in [3.63, 3.8) is 0 Å². The standard InChI is InChI=1S/C20H16N2O2/c23-19-10-2-1-9-18(19)20(24)22-17-8-5-6-15(14-17)11-12-16-7-3-4-13-21-16/h1-14,23H,(H,22,24)/b12-11+. The molecule has 3 rings (SSSR count). The minimum atomic E-state index is -0.348. The quantitative estimate of drug-likeness (QED) is 0.758. The second kappa shape index (κ2) is 7.24. The maximum Gasteiger partial charge on any atom is 0.259 e. The van der Waals surface area contributed by atoms with Crippen LogP contribution in [0.1, 0.15) is 21.6 Å². The Morgan fingerprint density at radius 3 is 2.58 bits per heavy atom. The molecule has 0 radical (unpaired) electrons. The predicted molar refractivity (Wildman–Crippen MR) is 95.7 cm³/mol. The van der Waals surface area contributed by atoms with Crippen molar-refractivity contribution >= 4 is 23.7 Å². The first-order valence-electron chi connectivity index (χ1n) is 7.51. The van der Waals surface area contributed by atoms with Crippen molar-refractivity contribution in [2.75, 3.05) is 5.32 Å². The number of benzene rings is 2. The zero-order valence-electron chi connectivity index (χ0n) is 12.9. The molecular formula is C20H16N2O2. The van der Waals surface area contributed by atoms with Crippen molar-refractivity contribution in [2.45, 2.75) is 0 Å². The monoisotopic (exact) mass is 316 g/mol. The Morgan fingerprint density at radius 2 is 1.79 bits per heavy atom. The van der Waals surface area contributed by atoms with E-state index < -0.39 is 0 Å². The summed E-state index contributed by atoms with van der Waals surface area (Å²) in [6.45, 7) is 0. The van der Waals surface area contributed by atoms with Crippen molar-refractivity contribution in [2.24, 2.45) is 0 Å². The van der Waals surface area contributed by atoms with Crippen molar-refractivity contribution in [3.8, 4) is 5.75 Å². The molecule has 0 aliphatic carbocycles. The smallest absolute Gasteiger partial charge is 0.259 e. The molecule has 2 N–H and O–H groups in total. The Labute approximate surface area is 140 Å². The molecule has 0 atom stereocenters. The average Bonchev–Trinajstić information content (AvgIpc) is 2.61. The third kappa shape index (κ3) is 3.87. The third-order valence-corrected chi connectivity index (χ3v) is 3.43. The second-order valence-electron chi connectivity index (χ2n) is 5.18. The number of nitrogens with one attached hydrogen (secondary N) is 1. The number of para-hydroxylation sites is 1. The average molecular weight is 316 g/mol. The summed E-state index contributed by atoms with van der Waals surface area (Å²) in [5.74, 6) is -0.389. The van der Waals surface area contributed by atoms with Crippen molar-refractivity contribution < 1.29 is 9.90 Å². The molecule has 0 aliphatic rings. The molecule has 2 aromatic carbocycles. The molecule has 0 saturated carbocycles. The van der Waals surface area contributed by atoms with Gasteiger partial charge in [0.15, 0.2) is 0 Å². The van der Waals surface area contributed by atoms with Gasteiger partial charge >= 0.3 is 0 Å². The van der Waals surface area contributed by atoms with Crippen LogP contribution >= 0.6 is 0 Å². The number of phenols is 1. The number of pyridine rings is 1. The van der Waals surface area contributed by atoms with Crippen molar-refractivity contribution in [1.29, 1.82) is 0 Å². The Balaban J connectivity index is 1.75. The van der Waals surface area contributed by atoms with Crippen LogP contribution in [0.15, 0.2) is 72.9 Å². The zero-order chi connectivity index (χ0) is 16.8. The molecule has 0 fully saturated rings. The molecule has 1 amide bonds. The van der Waals surface area contributed by atoms with E-state index in [4.69, 9.17) is 0 Å². The summed E-state index contributed by atoms with van der Waals surface area (Å²) in [4.78, 5) is 16.5. The van der Waals surface area contributed by atoms with Crippen molar-refractivity contribution in [1.82, 2.24) is 4.98 Å². The first-order chi connectivity index (χ1) is 11.7. The molecule has 0 spiro atoms. The van der Waals surface area contributed by atoms with Crippen LogP contribution in [0, 0.1) is 0 Å². The number of nitrogens with zero attached hydrogens (tertiary/aromatic N) is 1. The number of hydrogen-bond acceptors (Lipinski definition) is 3. The maximum atomic E-state index is 12.2. The van der Waals surface area contributed by atoms with Crippen LogP contribution in [-0.4, -0.2) is 16.0 Å². The lowest BCUT2D eigenvalue weighted by Gasteiger charge is -2.07. The van der Waals surface area contributed by atoms with Crippen LogP contribution < -0.4 is 5.32 Å². The number of rotatable bonds is 4. The molecule has 24 heavy (non-hydrogen) atoms. The summed E-state index contributed by atoms with van der Waals surface area (Å²) in [5.41, 5.74) is 2.70. The largest absolute Gasteiger partial charge is 0.507 e. The highest BCUT2D eigenvalue weighted by molar-refractivity contribution is 6.06. The molecule has 0 unspecified atom stereocenters. The molecular weight excluding hydrogens is 300 g/mol. The topological polar surface area (TPSA) is 62.2 Å². The highest BCUT2D eigenvalue weighted by Crippen LogP contribution is 2.19. The van der Waals surface area contributed by atoms with E-state index in [1.807, 2.05) is 48.6 Å². The molecule has 0 saturated heterocycles. The van der Waals surface area contributed by atoms with E-state index in [-0.39, 0.29) is 17.2 Å². The van der Waals surface area contributed by atoms with Crippen molar-refractivity contribution in [3.05, 3.63) is 89.7 Å². The highest BCUT2D eigenvalue weighted by atomic mass is 16.3. The van der Waals surface area contributed by atoms with E-state index in [1.54, 1.807) is 30.5 Å². The Bertz CT molecular complexity index is 874. The SMILES string of the molecule is O=C(Nc1cccc(/C=C/c2ccccn2)c1)c1ccccc1O. The molecule has 4 heteroatoms. The highest BCUT2D eigenvalue weighted by Gasteiger charge is 2.10. The molecule has 0 aliphatic heterocycles. The summed E-state index contributed by atoms with van der Waals surface area (Å²) < 4.78 is 0. The lowest BCUT2D eigenvalue weighted by molar-refractivity contribution is 0.102. The number of carbonyl (C=O) groups is 1. The lowest BCUT2D eigenvalue weighted by Crippen LogP contribution is -2.11. The van der Waals surface area contributed by atoms with E-state index in [9.17, 15) is 9.90 Å². The van der Waals surface area contributed by atoms with Gasteiger partial charge in [0, 0.05) is 11.9 Å². The number of aromatic nitrogens is 1. The van der Waals surface area contributed by atoms with Gasteiger partial charge in [0.1, 0.15) is 5.75 Å². The van der Waals surface area contributed by atoms with Crippen LogP contribution in [-0.2, 0) is 0 Å². The number of aromatic hydroxyl groups is 1. The molecule has 1 aromatic heterocycles. The van der Waals surface area contributed by atoms with Gasteiger partial charge in [-0.3, -0.25) is 9.78 Å². The zero-order valence-corrected chi connectivity index (χ0v) is 12.9. The number of hydrogen-bond donors (Lipinski definition) is 2. The fraction of sp³-hybridized carbons (Fsp3) is 0. The fourth-order valence-corrected chi connectivity index (χ4v) is 2.24. The van der Waals surface area contributed by atoms with E-state index in [2.05, 4.69) is 10.3 Å². The van der Waals surface area contributed by atoms with Crippen LogP contribution in [0.25, 0.3) is 12.2 Å². The number of phenolic OH excluding ortho intramolecular Hbond substituents is 1. The maximum absolute atomic E-state index is 12.2. The van der Waals surface area contributed by atoms with Gasteiger partial charge in [0.25, 0.3) is 5.91 Å². The predicted octanol–water partition coefficient (Wildman–Crippen LogP) is 4.21. The van der Waals surface area contributed by atoms with E-state index in [0.29, 0.717) is 5.69 Å². The van der Waals surface area contributed by atoms with Gasteiger partial charge < -0.3 is 10.4 Å². The number of anilines is 1. The fourth-order valence-electron chi connectivity index (χ4n) is 2.24. The van der Waals surface area contributed by atoms with Gasteiger partial charge in [0.2, 0.25) is 0 Å². The van der Waals surface area contributed by atoms with Gasteiger partial charge in [-0.1, -0.05) is 36.4 Å². The van der Waals surface area contributed by atoms with Crippen LogP contribution in [0.5, 0.6) is 5.75 Å². The molecule has 4 nitrogen and oxygen atoms in total. The van der Waals surface area contributed by atoms with E-state index in [0.717, 1.165) is 11.3 Å². The van der Waals surface area contributed by atoms with Gasteiger partial charge in [-0.25, -0.2) is 0 Å². The van der Waals surface area contributed by atoms with Crippen LogP contribution in [0.2, 0.25) is 0 Å². The summed E-state index contributed by atoms with van der Waals surface area (Å²) in [5, 5.41) is 12.5. The van der Waals surface area contributed by atoms with E-state index in [1.165, 1.54) is 6.07 Å². The summed E-state index contributed by atoms with van der Waals surface area (Å²) >= 11 is 0. The third-order valence-electron chi connectivity index (χ3n) is 3.43. The summed E-state index contributed by atoms with van der Waals surface area (Å²) in [6.07, 6.45) is 5.57. The normalized spacial score (nSPS) is 10.7. The molecule has 118 valence electrons. The summed E-state index contributed by atoms with van der Waals surface area (Å²) in [7, 11) is 0. The Kier molecular flexibility index (Phi) is 4.68. The first kappa shape index (κ1) is 15.5. The molecule has 0 bridgehead atoms. The summed E-state index contributed by atoms with van der Waals surface area (Å²) in [6, 6.07) is 19.6.